The van der Waals surface area contributed by atoms with Crippen molar-refractivity contribution < 1.29 is 20.1 Å². The van der Waals surface area contributed by atoms with Crippen molar-refractivity contribution in [1.29, 1.82) is 0 Å². The van der Waals surface area contributed by atoms with Gasteiger partial charge in [0.25, 0.3) is 0 Å². The number of carboxylic acid groups (broad SMARTS) is 1. The Bertz CT molecular complexity index is 392. The van der Waals surface area contributed by atoms with Crippen molar-refractivity contribution in [3.8, 4) is 0 Å². The Labute approximate surface area is 114 Å². The minimum absolute atomic E-state index is 0.0569. The van der Waals surface area contributed by atoms with Crippen molar-refractivity contribution in [2.24, 2.45) is 28.6 Å². The predicted octanol–water partition coefficient (Wildman–Crippen LogP) is 1.89. The topological polar surface area (TPSA) is 77.8 Å². The molecule has 0 bridgehead atoms. The van der Waals surface area contributed by atoms with E-state index in [9.17, 15) is 20.1 Å². The number of hydrogen-bond donors (Lipinski definition) is 3. The second-order valence-electron chi connectivity index (χ2n) is 7.63. The first-order valence-electron chi connectivity index (χ1n) is 7.16. The van der Waals surface area contributed by atoms with E-state index in [1.165, 1.54) is 0 Å². The Hall–Kier alpha value is -0.610. The highest BCUT2D eigenvalue weighted by Gasteiger charge is 2.70. The summed E-state index contributed by atoms with van der Waals surface area (Å²) in [6.45, 7) is 7.73. The minimum atomic E-state index is -1.31. The van der Waals surface area contributed by atoms with Crippen LogP contribution in [0.3, 0.4) is 0 Å². The smallest absolute Gasteiger partial charge is 0.309 e. The van der Waals surface area contributed by atoms with Crippen molar-refractivity contribution in [2.45, 2.75) is 52.6 Å². The first-order chi connectivity index (χ1) is 8.60. The number of carboxylic acids is 1. The first-order valence-corrected chi connectivity index (χ1v) is 7.16. The van der Waals surface area contributed by atoms with E-state index in [0.29, 0.717) is 6.42 Å². The van der Waals surface area contributed by atoms with Gasteiger partial charge >= 0.3 is 5.97 Å². The summed E-state index contributed by atoms with van der Waals surface area (Å²) >= 11 is 0. The maximum Gasteiger partial charge on any atom is 0.309 e. The average molecular weight is 270 g/mol. The number of rotatable bonds is 2. The lowest BCUT2D eigenvalue weighted by molar-refractivity contribution is -0.197. The fourth-order valence-corrected chi connectivity index (χ4v) is 5.13. The van der Waals surface area contributed by atoms with E-state index in [1.54, 1.807) is 0 Å². The van der Waals surface area contributed by atoms with Crippen LogP contribution in [0.5, 0.6) is 0 Å². The zero-order valence-electron chi connectivity index (χ0n) is 12.3. The third kappa shape index (κ3) is 1.76. The molecule has 2 saturated carbocycles. The van der Waals surface area contributed by atoms with Crippen LogP contribution < -0.4 is 0 Å². The number of carbonyl (C=O) groups is 1. The third-order valence-corrected chi connectivity index (χ3v) is 5.86. The summed E-state index contributed by atoms with van der Waals surface area (Å²) < 4.78 is 0. The molecule has 4 nitrogen and oxygen atoms in total. The van der Waals surface area contributed by atoms with Gasteiger partial charge in [0.2, 0.25) is 0 Å². The largest absolute Gasteiger partial charge is 0.481 e. The molecule has 0 saturated heterocycles. The van der Waals surface area contributed by atoms with Crippen molar-refractivity contribution in [2.75, 3.05) is 6.61 Å². The van der Waals surface area contributed by atoms with Gasteiger partial charge in [0, 0.05) is 5.41 Å². The van der Waals surface area contributed by atoms with E-state index in [0.717, 1.165) is 12.8 Å². The predicted molar refractivity (Wildman–Crippen MR) is 71.6 cm³/mol. The molecule has 19 heavy (non-hydrogen) atoms. The Morgan fingerprint density at radius 3 is 2.32 bits per heavy atom. The van der Waals surface area contributed by atoms with E-state index in [2.05, 4.69) is 13.8 Å². The van der Waals surface area contributed by atoms with Gasteiger partial charge in [-0.15, -0.1) is 0 Å². The molecule has 2 rings (SSSR count). The van der Waals surface area contributed by atoms with E-state index in [1.807, 2.05) is 13.8 Å². The van der Waals surface area contributed by atoms with E-state index in [4.69, 9.17) is 0 Å². The lowest BCUT2D eigenvalue weighted by Crippen LogP contribution is -2.61. The molecule has 3 N–H and O–H groups in total. The summed E-state index contributed by atoms with van der Waals surface area (Å²) in [5.41, 5.74) is -2.19. The highest BCUT2D eigenvalue weighted by atomic mass is 16.4. The molecule has 2 aliphatic carbocycles. The van der Waals surface area contributed by atoms with Crippen molar-refractivity contribution >= 4 is 5.97 Å². The third-order valence-electron chi connectivity index (χ3n) is 5.86. The second-order valence-corrected chi connectivity index (χ2v) is 7.63. The molecule has 2 fully saturated rings. The number of aliphatic carboxylic acids is 1. The standard InChI is InChI=1S/C15H26O4/c1-9-5-6-10-13(2,3)7-14(4,8-16)15(10,19)11(9)12(17)18/h9-11,16,19H,5-8H2,1-4H3,(H,17,18)/t9-,10-,11-,14-,15-/m1/s1. The Morgan fingerprint density at radius 1 is 1.26 bits per heavy atom. The van der Waals surface area contributed by atoms with Gasteiger partial charge in [-0.3, -0.25) is 4.79 Å². The number of hydrogen-bond acceptors (Lipinski definition) is 3. The molecule has 110 valence electrons. The molecule has 5 atom stereocenters. The lowest BCUT2D eigenvalue weighted by atomic mass is 9.56. The Kier molecular flexibility index (Phi) is 3.26. The maximum atomic E-state index is 11.7. The zero-order valence-corrected chi connectivity index (χ0v) is 12.3. The van der Waals surface area contributed by atoms with Crippen LogP contribution in [0.2, 0.25) is 0 Å². The molecule has 2 aliphatic rings. The van der Waals surface area contributed by atoms with Gasteiger partial charge in [0.1, 0.15) is 0 Å². The quantitative estimate of drug-likeness (QED) is 0.716. The number of aliphatic hydroxyl groups excluding tert-OH is 1. The maximum absolute atomic E-state index is 11.7. The molecule has 0 heterocycles. The molecule has 0 spiro atoms. The molecular formula is C15H26O4. The SMILES string of the molecule is C[C@@H]1CC[C@@H]2C(C)(C)C[C@](C)(CO)[C@]2(O)[C@H]1C(=O)O. The highest BCUT2D eigenvalue weighted by Crippen LogP contribution is 2.66. The van der Waals surface area contributed by atoms with E-state index in [-0.39, 0.29) is 23.9 Å². The van der Waals surface area contributed by atoms with Crippen LogP contribution >= 0.6 is 0 Å². The molecular weight excluding hydrogens is 244 g/mol. The average Bonchev–Trinajstić information content (AvgIpc) is 2.42. The molecule has 0 aromatic rings. The van der Waals surface area contributed by atoms with Gasteiger partial charge in [-0.25, -0.2) is 0 Å². The van der Waals surface area contributed by atoms with E-state index >= 15 is 0 Å². The fourth-order valence-electron chi connectivity index (χ4n) is 5.13. The minimum Gasteiger partial charge on any atom is -0.481 e. The molecule has 0 aromatic carbocycles. The van der Waals surface area contributed by atoms with Gasteiger partial charge in [0.05, 0.1) is 18.1 Å². The van der Waals surface area contributed by atoms with Crippen LogP contribution in [0.25, 0.3) is 0 Å². The van der Waals surface area contributed by atoms with Gasteiger partial charge in [-0.1, -0.05) is 27.7 Å². The van der Waals surface area contributed by atoms with Crippen LogP contribution in [-0.4, -0.2) is 33.5 Å². The summed E-state index contributed by atoms with van der Waals surface area (Å²) in [5.74, 6) is -1.84. The monoisotopic (exact) mass is 270 g/mol. The van der Waals surface area contributed by atoms with Crippen LogP contribution in [0.15, 0.2) is 0 Å². The molecule has 0 unspecified atom stereocenters. The van der Waals surface area contributed by atoms with Crippen molar-refractivity contribution in [3.05, 3.63) is 0 Å². The summed E-state index contributed by atoms with van der Waals surface area (Å²) in [4.78, 5) is 11.7. The molecule has 0 aliphatic heterocycles. The number of aliphatic hydroxyl groups is 2. The zero-order chi connectivity index (χ0) is 14.6. The van der Waals surface area contributed by atoms with E-state index < -0.39 is 22.9 Å². The Morgan fingerprint density at radius 2 is 1.84 bits per heavy atom. The van der Waals surface area contributed by atoms with Crippen LogP contribution in [-0.2, 0) is 4.79 Å². The van der Waals surface area contributed by atoms with Crippen molar-refractivity contribution in [3.63, 3.8) is 0 Å². The molecule has 0 amide bonds. The van der Waals surface area contributed by atoms with Gasteiger partial charge in [-0.05, 0) is 36.5 Å². The van der Waals surface area contributed by atoms with Crippen molar-refractivity contribution in [1.82, 2.24) is 0 Å². The molecule has 0 aromatic heterocycles. The first kappa shape index (κ1) is 14.8. The normalized spacial score (nSPS) is 48.8. The van der Waals surface area contributed by atoms with Crippen LogP contribution in [0.4, 0.5) is 0 Å². The Balaban J connectivity index is 2.57. The summed E-state index contributed by atoms with van der Waals surface area (Å²) in [6, 6.07) is 0. The van der Waals surface area contributed by atoms with Gasteiger partial charge in [0.15, 0.2) is 0 Å². The fraction of sp³-hybridized carbons (Fsp3) is 0.933. The summed E-state index contributed by atoms with van der Waals surface area (Å²) in [5, 5.41) is 30.7. The molecule has 0 radical (unpaired) electrons. The summed E-state index contributed by atoms with van der Waals surface area (Å²) in [7, 11) is 0. The van der Waals surface area contributed by atoms with Gasteiger partial charge < -0.3 is 15.3 Å². The summed E-state index contributed by atoms with van der Waals surface area (Å²) in [6.07, 6.45) is 2.33. The number of fused-ring (bicyclic) bond motifs is 1. The highest BCUT2D eigenvalue weighted by molar-refractivity contribution is 5.72. The lowest BCUT2D eigenvalue weighted by Gasteiger charge is -2.51. The van der Waals surface area contributed by atoms with Crippen LogP contribution in [0, 0.1) is 28.6 Å². The van der Waals surface area contributed by atoms with Gasteiger partial charge in [-0.2, -0.15) is 0 Å². The van der Waals surface area contributed by atoms with Crippen LogP contribution in [0.1, 0.15) is 47.0 Å². The second kappa shape index (κ2) is 4.19. The molecule has 4 heteroatoms.